The molecule has 0 amide bonds. The van der Waals surface area contributed by atoms with Crippen LogP contribution in [-0.2, 0) is 0 Å². The van der Waals surface area contributed by atoms with Crippen molar-refractivity contribution in [1.29, 1.82) is 0 Å². The maximum absolute atomic E-state index is 6.84. The molecule has 0 unspecified atom stereocenters. The van der Waals surface area contributed by atoms with E-state index in [-0.39, 0.29) is 0 Å². The molecule has 14 aromatic carbocycles. The van der Waals surface area contributed by atoms with Crippen molar-refractivity contribution in [3.8, 4) is 80.1 Å². The molecular weight excluding hydrogens is 1530 g/mol. The normalized spacial score (nSPS) is 11.0. The lowest BCUT2D eigenvalue weighted by molar-refractivity contribution is 0.305. The second-order valence-electron chi connectivity index (χ2n) is 31.0. The lowest BCUT2D eigenvalue weighted by Gasteiger charge is -2.27. The summed E-state index contributed by atoms with van der Waals surface area (Å²) in [7, 11) is 0. The van der Waals surface area contributed by atoms with Crippen molar-refractivity contribution in [2.45, 2.75) is 130 Å². The van der Waals surface area contributed by atoms with Gasteiger partial charge in [-0.25, -0.2) is 0 Å². The molecule has 0 aliphatic carbocycles. The van der Waals surface area contributed by atoms with Crippen LogP contribution in [0.4, 0.5) is 68.2 Å². The van der Waals surface area contributed by atoms with Crippen LogP contribution >= 0.6 is 0 Å². The lowest BCUT2D eigenvalue weighted by Crippen LogP contribution is -2.11. The van der Waals surface area contributed by atoms with E-state index >= 15 is 0 Å². The molecule has 0 bridgehead atoms. The van der Waals surface area contributed by atoms with Gasteiger partial charge in [0.15, 0.2) is 0 Å². The molecule has 0 fully saturated rings. The van der Waals surface area contributed by atoms with Gasteiger partial charge < -0.3 is 57.5 Å². The van der Waals surface area contributed by atoms with Gasteiger partial charge >= 0.3 is 0 Å². The van der Waals surface area contributed by atoms with Crippen LogP contribution in [0.15, 0.2) is 353 Å². The van der Waals surface area contributed by atoms with Crippen molar-refractivity contribution in [2.24, 2.45) is 0 Å². The molecule has 0 aromatic heterocycles. The first-order chi connectivity index (χ1) is 61.2. The molecule has 0 aliphatic heterocycles. The Morgan fingerprint density at radius 2 is 0.387 bits per heavy atom. The van der Waals surface area contributed by atoms with Crippen LogP contribution in [0.5, 0.6) is 69.0 Å². The predicted octanol–water partition coefficient (Wildman–Crippen LogP) is 33.5. The van der Waals surface area contributed by atoms with Crippen molar-refractivity contribution in [3.05, 3.63) is 364 Å². The molecule has 0 N–H and O–H groups in total. The number of benzene rings is 14. The van der Waals surface area contributed by atoms with E-state index < -0.39 is 0 Å². The van der Waals surface area contributed by atoms with Crippen molar-refractivity contribution in [1.82, 2.24) is 0 Å². The second kappa shape index (κ2) is 45.2. The molecule has 0 radical (unpaired) electrons. The number of ether oxygens (including phenoxy) is 8. The highest BCUT2D eigenvalue weighted by Gasteiger charge is 2.22. The summed E-state index contributed by atoms with van der Waals surface area (Å²) in [5.41, 5.74) is 15.4. The first kappa shape index (κ1) is 86.5. The summed E-state index contributed by atoms with van der Waals surface area (Å²) >= 11 is 0. The quantitative estimate of drug-likeness (QED) is 0.0341. The maximum Gasteiger partial charge on any atom is 0.129 e. The van der Waals surface area contributed by atoms with Crippen molar-refractivity contribution in [3.63, 3.8) is 0 Å². The second-order valence-corrected chi connectivity index (χ2v) is 31.0. The number of hydrogen-bond acceptors (Lipinski definition) is 12. The van der Waals surface area contributed by atoms with Gasteiger partial charge in [0.05, 0.1) is 26.4 Å². The van der Waals surface area contributed by atoms with Crippen LogP contribution in [0.1, 0.15) is 142 Å². The molecule has 12 nitrogen and oxygen atoms in total. The smallest absolute Gasteiger partial charge is 0.129 e. The number of anilines is 12. The monoisotopic (exact) mass is 1640 g/mol. The Labute approximate surface area is 734 Å². The summed E-state index contributed by atoms with van der Waals surface area (Å²) in [6.45, 7) is 19.4. The first-order valence-electron chi connectivity index (χ1n) is 44.3. The lowest BCUT2D eigenvalue weighted by atomic mass is 10.0. The third kappa shape index (κ3) is 24.3. The number of hydrogen-bond donors (Lipinski definition) is 0. The molecule has 0 spiro atoms. The fourth-order valence-electron chi connectivity index (χ4n) is 15.1. The molecule has 14 aromatic rings. The Kier molecular flexibility index (Phi) is 31.5. The van der Waals surface area contributed by atoms with Crippen LogP contribution in [-0.4, -0.2) is 26.4 Å². The van der Waals surface area contributed by atoms with Gasteiger partial charge in [-0.15, -0.1) is 0 Å². The van der Waals surface area contributed by atoms with Gasteiger partial charge in [-0.2, -0.15) is 0 Å². The van der Waals surface area contributed by atoms with Crippen molar-refractivity contribution < 1.29 is 37.9 Å². The van der Waals surface area contributed by atoms with Crippen LogP contribution in [0, 0.1) is 0 Å². The zero-order valence-electron chi connectivity index (χ0n) is 72.1. The van der Waals surface area contributed by atoms with Gasteiger partial charge in [0.1, 0.15) is 69.0 Å². The average Bonchev–Trinajstić information content (AvgIpc) is 0.804. The largest absolute Gasteiger partial charge is 0.494 e. The number of nitrogens with zero attached hydrogens (tertiary/aromatic N) is 4. The van der Waals surface area contributed by atoms with Crippen LogP contribution in [0.3, 0.4) is 0 Å². The summed E-state index contributed by atoms with van der Waals surface area (Å²) < 4.78 is 52.2. The van der Waals surface area contributed by atoms with Gasteiger partial charge in [0, 0.05) is 117 Å². The zero-order chi connectivity index (χ0) is 85.3. The molecule has 630 valence electrons. The molecule has 124 heavy (non-hydrogen) atoms. The minimum atomic E-state index is 0.647. The topological polar surface area (TPSA) is 86.8 Å². The fourth-order valence-corrected chi connectivity index (χ4v) is 15.1. The van der Waals surface area contributed by atoms with Crippen LogP contribution < -0.4 is 57.5 Å². The highest BCUT2D eigenvalue weighted by molar-refractivity contribution is 5.84. The zero-order valence-corrected chi connectivity index (χ0v) is 72.1. The minimum absolute atomic E-state index is 0.647. The Morgan fingerprint density at radius 3 is 0.613 bits per heavy atom. The van der Waals surface area contributed by atoms with Gasteiger partial charge in [-0.1, -0.05) is 227 Å². The Bertz CT molecular complexity index is 5660. The number of unbranched alkanes of at least 4 members (excludes halogenated alkanes) is 12. The predicted molar refractivity (Wildman–Crippen MR) is 515 cm³/mol. The molecule has 0 aliphatic rings. The van der Waals surface area contributed by atoms with Gasteiger partial charge in [-0.05, 0) is 242 Å². The van der Waals surface area contributed by atoms with E-state index in [9.17, 15) is 0 Å². The molecular formula is C112H114N4O8. The Hall–Kier alpha value is -13.8. The molecule has 0 saturated heterocycles. The van der Waals surface area contributed by atoms with E-state index in [0.29, 0.717) is 60.9 Å². The van der Waals surface area contributed by atoms with E-state index in [1.54, 1.807) is 0 Å². The van der Waals surface area contributed by atoms with Gasteiger partial charge in [-0.3, -0.25) is 0 Å². The highest BCUT2D eigenvalue weighted by Crippen LogP contribution is 2.46. The Balaban J connectivity index is 0.728. The van der Waals surface area contributed by atoms with E-state index in [1.165, 1.54) is 38.5 Å². The number of rotatable bonds is 47. The van der Waals surface area contributed by atoms with Crippen molar-refractivity contribution >= 4 is 80.4 Å². The fraction of sp³-hybridized carbons (Fsp3) is 0.214. The summed E-state index contributed by atoms with van der Waals surface area (Å²) in [6, 6.07) is 116. The average molecular weight is 1640 g/mol. The van der Waals surface area contributed by atoms with Crippen molar-refractivity contribution in [2.75, 3.05) is 46.0 Å². The minimum Gasteiger partial charge on any atom is -0.494 e. The third-order valence-electron chi connectivity index (χ3n) is 21.6. The first-order valence-corrected chi connectivity index (χ1v) is 44.3. The molecule has 0 atom stereocenters. The van der Waals surface area contributed by atoms with Crippen LogP contribution in [0.25, 0.3) is 23.3 Å². The summed E-state index contributed by atoms with van der Waals surface area (Å²) in [6.07, 6.45) is 21.6. The maximum atomic E-state index is 6.84. The molecule has 12 heteroatoms. The molecule has 14 rings (SSSR count). The van der Waals surface area contributed by atoms with Gasteiger partial charge in [0.25, 0.3) is 0 Å². The van der Waals surface area contributed by atoms with Gasteiger partial charge in [0.2, 0.25) is 0 Å². The SMILES string of the molecule is C=Cc1ccc(Oc2cccc(N(c3ccc(Oc4cccc(N(c5ccc(-c6ccc(N(c7ccc(Oc8cccc(N(c9cccc(OCCCCCC)c9)c9cccc(Oc%10ccc(C=C)cc%10)c9)c8)cc7)c7cccc(OCCCCCC)c7)cc6)cc5)c5cccc(OCCCCCC)c5)c4)cc3)c3cccc(OCCCCCC)c3)c2)cc1. The molecule has 0 heterocycles. The Morgan fingerprint density at radius 1 is 0.194 bits per heavy atom. The highest BCUT2D eigenvalue weighted by atomic mass is 16.5. The van der Waals surface area contributed by atoms with E-state index in [1.807, 2.05) is 152 Å². The van der Waals surface area contributed by atoms with E-state index in [0.717, 1.165) is 189 Å². The molecule has 0 saturated carbocycles. The third-order valence-corrected chi connectivity index (χ3v) is 21.6. The summed E-state index contributed by atoms with van der Waals surface area (Å²) in [5, 5.41) is 0. The summed E-state index contributed by atoms with van der Waals surface area (Å²) in [4.78, 5) is 8.97. The summed E-state index contributed by atoms with van der Waals surface area (Å²) in [5.74, 6) is 8.87. The standard InChI is InChI=1S/C112H114N4O8/c1-7-13-17-21-73-117-105-41-25-33-93(77-105)113(91-61-69-103(70-62-91)124-112-48-32-40-100(84-112)116(96-36-28-44-108(80-96)120-76-24-20-16-10-4)99-39-31-47-111(83-99)122-102-67-51-86(12-6)52-68-102)89-57-53-87(54-58-89)88-55-59-90(60-56-88)114(94-34-26-42-106(78-94)118-74-22-18-14-8-2)97-37-29-46-110(81-97)123-104-71-63-92(64-72-104)115(95-35-27-43-107(79-95)119-75-23-19-15-9-3)98-38-30-45-109(82-98)121-101-65-49-85(11-5)50-66-101/h11-12,25-72,77-84H,5-10,13-24,73-76H2,1-4H3. The van der Waals surface area contributed by atoms with E-state index in [2.05, 4.69) is 261 Å². The van der Waals surface area contributed by atoms with E-state index in [4.69, 9.17) is 37.9 Å². The van der Waals surface area contributed by atoms with Crippen LogP contribution in [0.2, 0.25) is 0 Å².